The number of likely N-dealkylation sites (tertiary alicyclic amines) is 1. The van der Waals surface area contributed by atoms with Crippen LogP contribution in [0.3, 0.4) is 0 Å². The minimum Gasteiger partial charge on any atom is -0.339 e. The highest BCUT2D eigenvalue weighted by molar-refractivity contribution is 7.99. The first-order chi connectivity index (χ1) is 6.05. The van der Waals surface area contributed by atoms with Crippen LogP contribution in [0.2, 0.25) is 0 Å². The van der Waals surface area contributed by atoms with Crippen molar-refractivity contribution in [2.24, 2.45) is 0 Å². The van der Waals surface area contributed by atoms with Gasteiger partial charge in [-0.25, -0.2) is 4.39 Å². The van der Waals surface area contributed by atoms with Crippen LogP contribution in [0.25, 0.3) is 0 Å². The molecule has 0 saturated carbocycles. The van der Waals surface area contributed by atoms with Crippen LogP contribution in [0, 0.1) is 0 Å². The van der Waals surface area contributed by atoms with Gasteiger partial charge in [0.2, 0.25) is 5.91 Å². The molecule has 0 aromatic rings. The Bertz CT molecular complexity index is 196. The molecule has 1 rings (SSSR count). The molecule has 1 unspecified atom stereocenters. The number of hydrogen-bond acceptors (Lipinski definition) is 2. The first kappa shape index (κ1) is 10.8. The van der Waals surface area contributed by atoms with Gasteiger partial charge in [0.15, 0.2) is 0 Å². The summed E-state index contributed by atoms with van der Waals surface area (Å²) < 4.78 is 13.5. The lowest BCUT2D eigenvalue weighted by atomic mass is 9.97. The molecule has 0 aromatic carbocycles. The lowest BCUT2D eigenvalue weighted by Crippen LogP contribution is -2.47. The van der Waals surface area contributed by atoms with E-state index in [1.807, 2.05) is 6.26 Å². The van der Waals surface area contributed by atoms with Gasteiger partial charge in [-0.15, -0.1) is 0 Å². The maximum Gasteiger partial charge on any atom is 0.232 e. The Kier molecular flexibility index (Phi) is 3.59. The van der Waals surface area contributed by atoms with Gasteiger partial charge in [0.05, 0.1) is 12.3 Å². The van der Waals surface area contributed by atoms with E-state index in [1.165, 1.54) is 11.8 Å². The van der Waals surface area contributed by atoms with E-state index in [1.54, 1.807) is 11.8 Å². The molecule has 2 nitrogen and oxygen atoms in total. The molecule has 1 amide bonds. The Labute approximate surface area is 82.9 Å². The SMILES string of the molecule is CSCC(=O)N1CCCC(C)(F)C1. The Morgan fingerprint density at radius 1 is 1.69 bits per heavy atom. The summed E-state index contributed by atoms with van der Waals surface area (Å²) >= 11 is 1.49. The maximum atomic E-state index is 13.5. The van der Waals surface area contributed by atoms with Crippen LogP contribution < -0.4 is 0 Å². The molecule has 0 aromatic heterocycles. The van der Waals surface area contributed by atoms with Crippen molar-refractivity contribution in [2.75, 3.05) is 25.1 Å². The van der Waals surface area contributed by atoms with Crippen LogP contribution >= 0.6 is 11.8 Å². The van der Waals surface area contributed by atoms with E-state index in [-0.39, 0.29) is 12.5 Å². The zero-order valence-corrected chi connectivity index (χ0v) is 8.99. The van der Waals surface area contributed by atoms with Crippen molar-refractivity contribution in [3.8, 4) is 0 Å². The summed E-state index contributed by atoms with van der Waals surface area (Å²) in [7, 11) is 0. The third kappa shape index (κ3) is 3.18. The van der Waals surface area contributed by atoms with Gasteiger partial charge in [-0.05, 0) is 26.0 Å². The number of carbonyl (C=O) groups is 1. The number of thioether (sulfide) groups is 1. The molecule has 1 heterocycles. The summed E-state index contributed by atoms with van der Waals surface area (Å²) in [6.07, 6.45) is 3.25. The smallest absolute Gasteiger partial charge is 0.232 e. The molecule has 1 fully saturated rings. The second kappa shape index (κ2) is 4.31. The number of carbonyl (C=O) groups excluding carboxylic acids is 1. The molecule has 0 bridgehead atoms. The number of rotatable bonds is 2. The van der Waals surface area contributed by atoms with Gasteiger partial charge in [0, 0.05) is 6.54 Å². The van der Waals surface area contributed by atoms with Crippen molar-refractivity contribution >= 4 is 17.7 Å². The van der Waals surface area contributed by atoms with E-state index in [0.717, 1.165) is 13.0 Å². The number of amides is 1. The zero-order chi connectivity index (χ0) is 9.90. The van der Waals surface area contributed by atoms with E-state index in [0.29, 0.717) is 12.2 Å². The zero-order valence-electron chi connectivity index (χ0n) is 8.18. The molecule has 1 aliphatic heterocycles. The van der Waals surface area contributed by atoms with Gasteiger partial charge >= 0.3 is 0 Å². The Balaban J connectivity index is 2.47. The van der Waals surface area contributed by atoms with Crippen LogP contribution in [-0.2, 0) is 4.79 Å². The second-order valence-corrected chi connectivity index (χ2v) is 4.63. The summed E-state index contributed by atoms with van der Waals surface area (Å²) in [5.74, 6) is 0.534. The Hall–Kier alpha value is -0.250. The van der Waals surface area contributed by atoms with Crippen LogP contribution in [0.5, 0.6) is 0 Å². The highest BCUT2D eigenvalue weighted by atomic mass is 32.2. The third-order valence-electron chi connectivity index (χ3n) is 2.27. The maximum absolute atomic E-state index is 13.5. The molecular weight excluding hydrogens is 189 g/mol. The summed E-state index contributed by atoms with van der Waals surface area (Å²) in [6.45, 7) is 2.57. The molecule has 13 heavy (non-hydrogen) atoms. The van der Waals surface area contributed by atoms with E-state index in [4.69, 9.17) is 0 Å². The molecule has 1 atom stereocenters. The van der Waals surface area contributed by atoms with Crippen LogP contribution in [0.15, 0.2) is 0 Å². The van der Waals surface area contributed by atoms with Gasteiger partial charge in [0.1, 0.15) is 5.67 Å². The fourth-order valence-electron chi connectivity index (χ4n) is 1.62. The average molecular weight is 205 g/mol. The molecular formula is C9H16FNOS. The second-order valence-electron chi connectivity index (χ2n) is 3.77. The van der Waals surface area contributed by atoms with Crippen molar-refractivity contribution in [1.29, 1.82) is 0 Å². The number of hydrogen-bond donors (Lipinski definition) is 0. The normalized spacial score (nSPS) is 29.0. The van der Waals surface area contributed by atoms with E-state index >= 15 is 0 Å². The Morgan fingerprint density at radius 2 is 2.38 bits per heavy atom. The standard InChI is InChI=1S/C9H16FNOS/c1-9(10)4-3-5-11(7-9)8(12)6-13-2/h3-7H2,1-2H3. The van der Waals surface area contributed by atoms with Crippen LogP contribution in [0.4, 0.5) is 4.39 Å². The highest BCUT2D eigenvalue weighted by Gasteiger charge is 2.32. The van der Waals surface area contributed by atoms with Crippen molar-refractivity contribution in [1.82, 2.24) is 4.90 Å². The van der Waals surface area contributed by atoms with Crippen LogP contribution in [-0.4, -0.2) is 41.6 Å². The number of piperidine rings is 1. The van der Waals surface area contributed by atoms with E-state index < -0.39 is 5.67 Å². The molecule has 1 saturated heterocycles. The van der Waals surface area contributed by atoms with Gasteiger partial charge in [0.25, 0.3) is 0 Å². The summed E-state index contributed by atoms with van der Waals surface area (Å²) in [4.78, 5) is 13.1. The number of alkyl halides is 1. The summed E-state index contributed by atoms with van der Waals surface area (Å²) in [6, 6.07) is 0. The number of halogens is 1. The predicted octanol–water partition coefficient (Wildman–Crippen LogP) is 1.70. The first-order valence-electron chi connectivity index (χ1n) is 4.51. The quantitative estimate of drug-likeness (QED) is 0.684. The van der Waals surface area contributed by atoms with Crippen LogP contribution in [0.1, 0.15) is 19.8 Å². The minimum absolute atomic E-state index is 0.0658. The molecule has 0 N–H and O–H groups in total. The lowest BCUT2D eigenvalue weighted by molar-refractivity contribution is -0.132. The molecule has 76 valence electrons. The lowest BCUT2D eigenvalue weighted by Gasteiger charge is -2.35. The topological polar surface area (TPSA) is 20.3 Å². The first-order valence-corrected chi connectivity index (χ1v) is 5.90. The highest BCUT2D eigenvalue weighted by Crippen LogP contribution is 2.24. The fourth-order valence-corrected chi connectivity index (χ4v) is 2.05. The van der Waals surface area contributed by atoms with E-state index in [2.05, 4.69) is 0 Å². The van der Waals surface area contributed by atoms with Gasteiger partial charge in [-0.1, -0.05) is 0 Å². The van der Waals surface area contributed by atoms with E-state index in [9.17, 15) is 9.18 Å². The van der Waals surface area contributed by atoms with Gasteiger partial charge < -0.3 is 4.90 Å². The monoisotopic (exact) mass is 205 g/mol. The fraction of sp³-hybridized carbons (Fsp3) is 0.889. The average Bonchev–Trinajstić information content (AvgIpc) is 2.03. The molecule has 4 heteroatoms. The van der Waals surface area contributed by atoms with Crippen molar-refractivity contribution in [3.05, 3.63) is 0 Å². The molecule has 0 radical (unpaired) electrons. The van der Waals surface area contributed by atoms with Crippen molar-refractivity contribution in [2.45, 2.75) is 25.4 Å². The molecule has 0 aliphatic carbocycles. The Morgan fingerprint density at radius 3 is 2.92 bits per heavy atom. The van der Waals surface area contributed by atoms with Crippen molar-refractivity contribution < 1.29 is 9.18 Å². The van der Waals surface area contributed by atoms with Crippen molar-refractivity contribution in [3.63, 3.8) is 0 Å². The van der Waals surface area contributed by atoms with Gasteiger partial charge in [-0.2, -0.15) is 11.8 Å². The predicted molar refractivity (Wildman–Crippen MR) is 53.7 cm³/mol. The largest absolute Gasteiger partial charge is 0.339 e. The molecule has 0 spiro atoms. The minimum atomic E-state index is -1.17. The summed E-state index contributed by atoms with van der Waals surface area (Å²) in [5, 5.41) is 0. The third-order valence-corrected chi connectivity index (χ3v) is 2.80. The van der Waals surface area contributed by atoms with Gasteiger partial charge in [-0.3, -0.25) is 4.79 Å². The number of nitrogens with zero attached hydrogens (tertiary/aromatic N) is 1. The summed E-state index contributed by atoms with van der Waals surface area (Å²) in [5.41, 5.74) is -1.17. The molecule has 1 aliphatic rings.